The Labute approximate surface area is 114 Å². The van der Waals surface area contributed by atoms with Gasteiger partial charge in [-0.25, -0.2) is 0 Å². The van der Waals surface area contributed by atoms with Gasteiger partial charge in [0.15, 0.2) is 0 Å². The van der Waals surface area contributed by atoms with Gasteiger partial charge in [-0.2, -0.15) is 0 Å². The highest BCUT2D eigenvalue weighted by atomic mass is 16.3. The van der Waals surface area contributed by atoms with Gasteiger partial charge in [0.1, 0.15) is 0 Å². The van der Waals surface area contributed by atoms with Crippen molar-refractivity contribution in [1.82, 2.24) is 4.90 Å². The lowest BCUT2D eigenvalue weighted by atomic mass is 10.1. The summed E-state index contributed by atoms with van der Waals surface area (Å²) in [6, 6.07) is 6.07. The maximum absolute atomic E-state index is 12.0. The Hall–Kier alpha value is -1.39. The molecule has 1 saturated heterocycles. The van der Waals surface area contributed by atoms with Gasteiger partial charge >= 0.3 is 0 Å². The summed E-state index contributed by atoms with van der Waals surface area (Å²) < 4.78 is 0. The molecular weight excluding hydrogens is 240 g/mol. The molecule has 0 spiro atoms. The van der Waals surface area contributed by atoms with Crippen molar-refractivity contribution in [2.24, 2.45) is 0 Å². The van der Waals surface area contributed by atoms with Gasteiger partial charge in [-0.05, 0) is 56.5 Å². The molecule has 1 aliphatic heterocycles. The number of nitrogens with zero attached hydrogens (tertiary/aromatic N) is 1. The highest BCUT2D eigenvalue weighted by molar-refractivity contribution is 5.92. The number of amides is 1. The van der Waals surface area contributed by atoms with Crippen LogP contribution in [-0.4, -0.2) is 41.7 Å². The maximum atomic E-state index is 12.0. The van der Waals surface area contributed by atoms with Gasteiger partial charge in [-0.15, -0.1) is 0 Å². The van der Waals surface area contributed by atoms with Crippen LogP contribution < -0.4 is 5.32 Å². The summed E-state index contributed by atoms with van der Waals surface area (Å²) in [4.78, 5) is 14.0. The highest BCUT2D eigenvalue weighted by Crippen LogP contribution is 2.17. The minimum absolute atomic E-state index is 0.0106. The van der Waals surface area contributed by atoms with Crippen molar-refractivity contribution in [1.29, 1.82) is 0 Å². The number of carbonyl (C=O) groups is 1. The molecule has 4 heteroatoms. The first-order valence-electron chi connectivity index (χ1n) is 6.82. The summed E-state index contributed by atoms with van der Waals surface area (Å²) in [5.74, 6) is -0.0106. The number of hydrogen-bond acceptors (Lipinski definition) is 3. The van der Waals surface area contributed by atoms with E-state index in [1.807, 2.05) is 25.1 Å². The van der Waals surface area contributed by atoms with Crippen molar-refractivity contribution in [3.63, 3.8) is 0 Å². The molecule has 0 aromatic heterocycles. The molecule has 104 valence electrons. The van der Waals surface area contributed by atoms with Gasteiger partial charge in [-0.3, -0.25) is 9.69 Å². The molecular formula is C15H22N2O2. The van der Waals surface area contributed by atoms with Gasteiger partial charge in [0, 0.05) is 11.7 Å². The van der Waals surface area contributed by atoms with Crippen LogP contribution in [-0.2, 0) is 4.79 Å². The second-order valence-corrected chi connectivity index (χ2v) is 5.30. The first-order chi connectivity index (χ1) is 9.10. The second-order valence-electron chi connectivity index (χ2n) is 5.30. The second kappa shape index (κ2) is 6.17. The Bertz CT molecular complexity index is 459. The topological polar surface area (TPSA) is 52.6 Å². The van der Waals surface area contributed by atoms with Crippen molar-refractivity contribution in [2.45, 2.75) is 32.7 Å². The van der Waals surface area contributed by atoms with Crippen molar-refractivity contribution >= 4 is 11.6 Å². The van der Waals surface area contributed by atoms with Crippen molar-refractivity contribution in [3.8, 4) is 0 Å². The zero-order chi connectivity index (χ0) is 13.8. The molecule has 4 nitrogen and oxygen atoms in total. The molecule has 2 N–H and O–H groups in total. The first-order valence-corrected chi connectivity index (χ1v) is 6.82. The summed E-state index contributed by atoms with van der Waals surface area (Å²) in [6.45, 7) is 5.48. The minimum Gasteiger partial charge on any atom is -0.395 e. The fraction of sp³-hybridized carbons (Fsp3) is 0.533. The van der Waals surface area contributed by atoms with E-state index in [0.29, 0.717) is 6.54 Å². The molecule has 0 radical (unpaired) electrons. The fourth-order valence-corrected chi connectivity index (χ4v) is 2.51. The van der Waals surface area contributed by atoms with Crippen LogP contribution in [0.1, 0.15) is 24.0 Å². The molecule has 1 aromatic rings. The molecule has 1 fully saturated rings. The summed E-state index contributed by atoms with van der Waals surface area (Å²) >= 11 is 0. The third-order valence-corrected chi connectivity index (χ3v) is 3.85. The quantitative estimate of drug-likeness (QED) is 0.868. The van der Waals surface area contributed by atoms with Gasteiger partial charge < -0.3 is 10.4 Å². The largest absolute Gasteiger partial charge is 0.395 e. The molecule has 2 rings (SSSR count). The fourth-order valence-electron chi connectivity index (χ4n) is 2.51. The van der Waals surface area contributed by atoms with Gasteiger partial charge in [0.2, 0.25) is 5.91 Å². The number of aryl methyl sites for hydroxylation is 2. The zero-order valence-corrected chi connectivity index (χ0v) is 11.6. The van der Waals surface area contributed by atoms with Crippen molar-refractivity contribution in [2.75, 3.05) is 25.0 Å². The number of aliphatic hydroxyl groups excluding tert-OH is 1. The Kier molecular flexibility index (Phi) is 4.56. The summed E-state index contributed by atoms with van der Waals surface area (Å²) in [7, 11) is 0. The summed E-state index contributed by atoms with van der Waals surface area (Å²) in [5, 5.41) is 12.2. The monoisotopic (exact) mass is 262 g/mol. The van der Waals surface area contributed by atoms with E-state index in [1.54, 1.807) is 0 Å². The third-order valence-electron chi connectivity index (χ3n) is 3.85. The van der Waals surface area contributed by atoms with E-state index >= 15 is 0 Å². The molecule has 0 bridgehead atoms. The van der Waals surface area contributed by atoms with E-state index in [2.05, 4.69) is 17.1 Å². The summed E-state index contributed by atoms with van der Waals surface area (Å²) in [6.07, 6.45) is 2.04. The zero-order valence-electron chi connectivity index (χ0n) is 11.6. The smallest absolute Gasteiger partial charge is 0.238 e. The lowest BCUT2D eigenvalue weighted by Crippen LogP contribution is -2.38. The molecule has 1 aliphatic rings. The predicted molar refractivity (Wildman–Crippen MR) is 76.2 cm³/mol. The van der Waals surface area contributed by atoms with E-state index in [1.165, 1.54) is 11.1 Å². The highest BCUT2D eigenvalue weighted by Gasteiger charge is 2.25. The Morgan fingerprint density at radius 3 is 2.89 bits per heavy atom. The maximum Gasteiger partial charge on any atom is 0.238 e. The van der Waals surface area contributed by atoms with Crippen LogP contribution in [0.3, 0.4) is 0 Å². The number of likely N-dealkylation sites (tertiary alicyclic amines) is 1. The number of carbonyl (C=O) groups excluding carboxylic acids is 1. The number of anilines is 1. The SMILES string of the molecule is Cc1ccc(NC(=O)CN2CCCC2CO)cc1C. The van der Waals surface area contributed by atoms with Crippen LogP contribution in [0.15, 0.2) is 18.2 Å². The molecule has 1 unspecified atom stereocenters. The van der Waals surface area contributed by atoms with Gasteiger partial charge in [0.05, 0.1) is 13.2 Å². The van der Waals surface area contributed by atoms with Crippen LogP contribution in [0, 0.1) is 13.8 Å². The lowest BCUT2D eigenvalue weighted by molar-refractivity contribution is -0.117. The molecule has 1 heterocycles. The number of benzene rings is 1. The van der Waals surface area contributed by atoms with E-state index in [9.17, 15) is 9.90 Å². The van der Waals surface area contributed by atoms with Crippen LogP contribution >= 0.6 is 0 Å². The van der Waals surface area contributed by atoms with Crippen LogP contribution in [0.4, 0.5) is 5.69 Å². The molecule has 1 amide bonds. The number of rotatable bonds is 4. The standard InChI is InChI=1S/C15H22N2O2/c1-11-5-6-13(8-12(11)2)16-15(19)9-17-7-3-4-14(17)10-18/h5-6,8,14,18H,3-4,7,9-10H2,1-2H3,(H,16,19). The Morgan fingerprint density at radius 1 is 1.42 bits per heavy atom. The van der Waals surface area contributed by atoms with Crippen LogP contribution in [0.5, 0.6) is 0 Å². The van der Waals surface area contributed by atoms with E-state index in [-0.39, 0.29) is 18.6 Å². The minimum atomic E-state index is -0.0106. The van der Waals surface area contributed by atoms with E-state index in [4.69, 9.17) is 0 Å². The molecule has 19 heavy (non-hydrogen) atoms. The van der Waals surface area contributed by atoms with E-state index in [0.717, 1.165) is 25.1 Å². The van der Waals surface area contributed by atoms with Crippen molar-refractivity contribution in [3.05, 3.63) is 29.3 Å². The molecule has 1 atom stereocenters. The Balaban J connectivity index is 1.92. The van der Waals surface area contributed by atoms with Crippen LogP contribution in [0.2, 0.25) is 0 Å². The molecule has 1 aromatic carbocycles. The lowest BCUT2D eigenvalue weighted by Gasteiger charge is -2.21. The van der Waals surface area contributed by atoms with Crippen molar-refractivity contribution < 1.29 is 9.90 Å². The van der Waals surface area contributed by atoms with Gasteiger partial charge in [-0.1, -0.05) is 6.07 Å². The van der Waals surface area contributed by atoms with Gasteiger partial charge in [0.25, 0.3) is 0 Å². The summed E-state index contributed by atoms with van der Waals surface area (Å²) in [5.41, 5.74) is 3.23. The average molecular weight is 262 g/mol. The number of nitrogens with one attached hydrogen (secondary N) is 1. The van der Waals surface area contributed by atoms with Crippen LogP contribution in [0.25, 0.3) is 0 Å². The Morgan fingerprint density at radius 2 is 2.21 bits per heavy atom. The normalized spacial score (nSPS) is 19.6. The molecule has 0 aliphatic carbocycles. The third kappa shape index (κ3) is 3.55. The molecule has 0 saturated carbocycles. The van der Waals surface area contributed by atoms with E-state index < -0.39 is 0 Å². The number of hydrogen-bond donors (Lipinski definition) is 2. The predicted octanol–water partition coefficient (Wildman–Crippen LogP) is 1.70. The number of aliphatic hydroxyl groups is 1. The average Bonchev–Trinajstić information content (AvgIpc) is 2.81. The first kappa shape index (κ1) is 14.0.